The molecule has 30 heavy (non-hydrogen) atoms. The van der Waals surface area contributed by atoms with E-state index in [1.54, 1.807) is 23.5 Å². The molecule has 154 valence electrons. The number of piperazine rings is 1. The lowest BCUT2D eigenvalue weighted by molar-refractivity contribution is -0.384. The van der Waals surface area contributed by atoms with Crippen molar-refractivity contribution in [1.82, 2.24) is 9.88 Å². The van der Waals surface area contributed by atoms with E-state index >= 15 is 0 Å². The van der Waals surface area contributed by atoms with Gasteiger partial charge in [0.05, 0.1) is 17.2 Å². The van der Waals surface area contributed by atoms with Crippen LogP contribution in [0.4, 0.5) is 16.5 Å². The molecule has 9 heteroatoms. The first-order valence-electron chi connectivity index (χ1n) is 9.61. The summed E-state index contributed by atoms with van der Waals surface area (Å²) in [5, 5.41) is 16.6. The monoisotopic (exact) mass is 423 g/mol. The number of nitro benzene ring substituents is 1. The van der Waals surface area contributed by atoms with Gasteiger partial charge in [0.2, 0.25) is 5.91 Å². The van der Waals surface area contributed by atoms with E-state index in [0.29, 0.717) is 5.69 Å². The van der Waals surface area contributed by atoms with Crippen LogP contribution in [0.2, 0.25) is 0 Å². The van der Waals surface area contributed by atoms with Crippen molar-refractivity contribution in [3.8, 4) is 11.3 Å². The summed E-state index contributed by atoms with van der Waals surface area (Å²) in [5.41, 5.74) is 2.66. The maximum atomic E-state index is 12.3. The van der Waals surface area contributed by atoms with Gasteiger partial charge in [-0.3, -0.25) is 19.8 Å². The van der Waals surface area contributed by atoms with Gasteiger partial charge in [0, 0.05) is 54.9 Å². The Morgan fingerprint density at radius 1 is 1.07 bits per heavy atom. The van der Waals surface area contributed by atoms with Crippen molar-refractivity contribution in [1.29, 1.82) is 0 Å². The van der Waals surface area contributed by atoms with Gasteiger partial charge in [-0.1, -0.05) is 30.3 Å². The molecule has 1 aliphatic rings. The van der Waals surface area contributed by atoms with Crippen LogP contribution in [0, 0.1) is 10.1 Å². The molecule has 8 nitrogen and oxygen atoms in total. The number of rotatable bonds is 6. The summed E-state index contributed by atoms with van der Waals surface area (Å²) in [6, 6.07) is 16.0. The number of nitro groups is 1. The van der Waals surface area contributed by atoms with Gasteiger partial charge in [0.15, 0.2) is 5.13 Å². The number of hydrogen-bond donors (Lipinski definition) is 1. The Morgan fingerprint density at radius 3 is 2.43 bits per heavy atom. The van der Waals surface area contributed by atoms with Crippen LogP contribution in [0.1, 0.15) is 0 Å². The van der Waals surface area contributed by atoms with Crippen molar-refractivity contribution in [2.45, 2.75) is 0 Å². The predicted molar refractivity (Wildman–Crippen MR) is 118 cm³/mol. The van der Waals surface area contributed by atoms with E-state index in [2.05, 4.69) is 32.6 Å². The quantitative estimate of drug-likeness (QED) is 0.482. The molecule has 2 heterocycles. The Labute approximate surface area is 177 Å². The highest BCUT2D eigenvalue weighted by Gasteiger charge is 2.21. The minimum Gasteiger partial charge on any atom is -0.346 e. The fourth-order valence-electron chi connectivity index (χ4n) is 3.32. The van der Waals surface area contributed by atoms with Gasteiger partial charge >= 0.3 is 0 Å². The van der Waals surface area contributed by atoms with Gasteiger partial charge in [-0.25, -0.2) is 4.98 Å². The lowest BCUT2D eigenvalue weighted by Gasteiger charge is -2.34. The van der Waals surface area contributed by atoms with Crippen molar-refractivity contribution in [3.63, 3.8) is 0 Å². The first-order valence-corrected chi connectivity index (χ1v) is 10.5. The number of anilines is 2. The topological polar surface area (TPSA) is 91.6 Å². The number of carbonyl (C=O) groups is 1. The van der Waals surface area contributed by atoms with E-state index in [4.69, 9.17) is 4.98 Å². The average molecular weight is 423 g/mol. The summed E-state index contributed by atoms with van der Waals surface area (Å²) in [4.78, 5) is 31.7. The Kier molecular flexibility index (Phi) is 6.01. The van der Waals surface area contributed by atoms with Crippen LogP contribution < -0.4 is 10.2 Å². The molecule has 0 bridgehead atoms. The van der Waals surface area contributed by atoms with E-state index in [1.807, 2.05) is 18.2 Å². The predicted octanol–water partition coefficient (Wildman–Crippen LogP) is 3.48. The molecule has 3 aromatic rings. The number of amides is 1. The third kappa shape index (κ3) is 4.81. The van der Waals surface area contributed by atoms with E-state index in [-0.39, 0.29) is 18.1 Å². The zero-order valence-corrected chi connectivity index (χ0v) is 17.0. The second kappa shape index (κ2) is 9.02. The number of nitrogens with zero attached hydrogens (tertiary/aromatic N) is 4. The van der Waals surface area contributed by atoms with Crippen LogP contribution in [0.5, 0.6) is 0 Å². The minimum atomic E-state index is -0.462. The Bertz CT molecular complexity index is 1010. The Hall–Kier alpha value is -3.30. The van der Waals surface area contributed by atoms with Crippen LogP contribution >= 0.6 is 11.3 Å². The summed E-state index contributed by atoms with van der Waals surface area (Å²) in [5.74, 6) is -0.127. The van der Waals surface area contributed by atoms with E-state index in [1.165, 1.54) is 12.1 Å². The highest BCUT2D eigenvalue weighted by atomic mass is 32.1. The average Bonchev–Trinajstić information content (AvgIpc) is 3.25. The SMILES string of the molecule is O=C(CN1CCN(c2nc(-c3ccccc3)cs2)CC1)Nc1ccc([N+](=O)[O-])cc1. The van der Waals surface area contributed by atoms with Crippen molar-refractivity contribution in [2.75, 3.05) is 42.9 Å². The zero-order chi connectivity index (χ0) is 20.9. The van der Waals surface area contributed by atoms with E-state index in [0.717, 1.165) is 42.6 Å². The molecule has 0 unspecified atom stereocenters. The molecule has 1 saturated heterocycles. The maximum Gasteiger partial charge on any atom is 0.269 e. The Morgan fingerprint density at radius 2 is 1.77 bits per heavy atom. The number of non-ortho nitro benzene ring substituents is 1. The number of benzene rings is 2. The molecule has 1 aromatic heterocycles. The first-order chi connectivity index (χ1) is 14.6. The molecule has 0 saturated carbocycles. The molecule has 0 atom stereocenters. The van der Waals surface area contributed by atoms with Gasteiger partial charge in [-0.2, -0.15) is 0 Å². The van der Waals surface area contributed by atoms with Crippen molar-refractivity contribution >= 4 is 33.8 Å². The molecule has 1 fully saturated rings. The number of nitrogens with one attached hydrogen (secondary N) is 1. The molecular weight excluding hydrogens is 402 g/mol. The summed E-state index contributed by atoms with van der Waals surface area (Å²) in [6.45, 7) is 3.46. The Balaban J connectivity index is 1.27. The third-order valence-corrected chi connectivity index (χ3v) is 5.83. The lowest BCUT2D eigenvalue weighted by atomic mass is 10.2. The minimum absolute atomic E-state index is 0.00160. The number of carbonyl (C=O) groups excluding carboxylic acids is 1. The van der Waals surface area contributed by atoms with Gasteiger partial charge in [0.1, 0.15) is 0 Å². The molecule has 1 aliphatic heterocycles. The van der Waals surface area contributed by atoms with E-state index in [9.17, 15) is 14.9 Å². The summed E-state index contributed by atoms with van der Waals surface area (Å²) in [7, 11) is 0. The first kappa shape index (κ1) is 20.0. The third-order valence-electron chi connectivity index (χ3n) is 4.93. The second-order valence-electron chi connectivity index (χ2n) is 7.00. The van der Waals surface area contributed by atoms with E-state index < -0.39 is 4.92 Å². The normalized spacial score (nSPS) is 14.5. The molecule has 0 aliphatic carbocycles. The van der Waals surface area contributed by atoms with Crippen molar-refractivity contribution in [2.24, 2.45) is 0 Å². The number of aromatic nitrogens is 1. The molecule has 0 spiro atoms. The van der Waals surface area contributed by atoms with Gasteiger partial charge in [-0.05, 0) is 12.1 Å². The molecular formula is C21H21N5O3S. The standard InChI is InChI=1S/C21H21N5O3S/c27-20(22-17-6-8-18(9-7-17)26(28)29)14-24-10-12-25(13-11-24)21-23-19(15-30-21)16-4-2-1-3-5-16/h1-9,15H,10-14H2,(H,22,27). The van der Waals surface area contributed by atoms with Gasteiger partial charge in [0.25, 0.3) is 5.69 Å². The maximum absolute atomic E-state index is 12.3. The number of hydrogen-bond acceptors (Lipinski definition) is 7. The molecule has 2 aromatic carbocycles. The fourth-order valence-corrected chi connectivity index (χ4v) is 4.21. The van der Waals surface area contributed by atoms with Crippen LogP contribution in [0.15, 0.2) is 60.0 Å². The molecule has 1 N–H and O–H groups in total. The zero-order valence-electron chi connectivity index (χ0n) is 16.2. The highest BCUT2D eigenvalue weighted by Crippen LogP contribution is 2.28. The largest absolute Gasteiger partial charge is 0.346 e. The molecule has 1 amide bonds. The number of thiazole rings is 1. The second-order valence-corrected chi connectivity index (χ2v) is 7.83. The smallest absolute Gasteiger partial charge is 0.269 e. The van der Waals surface area contributed by atoms with Gasteiger partial charge in [-0.15, -0.1) is 11.3 Å². The van der Waals surface area contributed by atoms with Crippen molar-refractivity contribution in [3.05, 3.63) is 70.1 Å². The van der Waals surface area contributed by atoms with Crippen LogP contribution in [-0.4, -0.2) is 53.4 Å². The van der Waals surface area contributed by atoms with Crippen LogP contribution in [0.25, 0.3) is 11.3 Å². The highest BCUT2D eigenvalue weighted by molar-refractivity contribution is 7.14. The summed E-state index contributed by atoms with van der Waals surface area (Å²) in [6.07, 6.45) is 0. The lowest BCUT2D eigenvalue weighted by Crippen LogP contribution is -2.48. The molecule has 4 rings (SSSR count). The van der Waals surface area contributed by atoms with Gasteiger partial charge < -0.3 is 10.2 Å². The summed E-state index contributed by atoms with van der Waals surface area (Å²) < 4.78 is 0. The van der Waals surface area contributed by atoms with Crippen LogP contribution in [0.3, 0.4) is 0 Å². The van der Waals surface area contributed by atoms with Crippen molar-refractivity contribution < 1.29 is 9.72 Å². The van der Waals surface area contributed by atoms with Crippen LogP contribution in [-0.2, 0) is 4.79 Å². The fraction of sp³-hybridized carbons (Fsp3) is 0.238. The summed E-state index contributed by atoms with van der Waals surface area (Å²) >= 11 is 1.64. The molecule has 0 radical (unpaired) electrons.